The molecule has 0 fully saturated rings. The Hall–Kier alpha value is -3.85. The molecular formula is C36H39F3FeN2O4PS+. The van der Waals surface area contributed by atoms with Gasteiger partial charge >= 0.3 is 32.7 Å². The van der Waals surface area contributed by atoms with Crippen LogP contribution in [0.4, 0.5) is 13.2 Å². The van der Waals surface area contributed by atoms with Crippen LogP contribution in [0.2, 0.25) is 0 Å². The Balaban J connectivity index is 0.000000657. The van der Waals surface area contributed by atoms with Gasteiger partial charge in [0.1, 0.15) is 15.9 Å². The molecule has 4 aromatic carbocycles. The van der Waals surface area contributed by atoms with Gasteiger partial charge < -0.3 is 16.8 Å². The number of hydrogen-bond donors (Lipinski definition) is 1. The van der Waals surface area contributed by atoms with Gasteiger partial charge in [-0.05, 0) is 61.2 Å². The molecule has 0 atom stereocenters. The maximum absolute atomic E-state index is 10.7. The summed E-state index contributed by atoms with van der Waals surface area (Å²) in [5, 5.41) is 4.31. The van der Waals surface area contributed by atoms with Gasteiger partial charge in [-0.15, -0.1) is 0 Å². The Kier molecular flexibility index (Phi) is 22.4. The van der Waals surface area contributed by atoms with Gasteiger partial charge in [-0.2, -0.15) is 21.6 Å². The number of rotatable bonds is 5. The van der Waals surface area contributed by atoms with Crippen LogP contribution in [0, 0.1) is 7.43 Å². The van der Waals surface area contributed by atoms with Crippen LogP contribution >= 0.6 is 7.92 Å². The molecule has 0 bridgehead atoms. The van der Waals surface area contributed by atoms with E-state index in [2.05, 4.69) is 132 Å². The molecule has 1 heterocycles. The minimum atomic E-state index is -5.84. The van der Waals surface area contributed by atoms with Crippen molar-refractivity contribution in [3.63, 3.8) is 0 Å². The third-order valence-corrected chi connectivity index (χ3v) is 9.47. The molecule has 0 saturated carbocycles. The zero-order valence-electron chi connectivity index (χ0n) is 26.3. The van der Waals surface area contributed by atoms with E-state index in [1.54, 1.807) is 6.20 Å². The molecule has 0 saturated heterocycles. The first-order valence-electron chi connectivity index (χ1n) is 14.1. The van der Waals surface area contributed by atoms with E-state index in [0.717, 1.165) is 6.54 Å². The molecule has 12 heteroatoms. The van der Waals surface area contributed by atoms with Crippen LogP contribution in [0.15, 0.2) is 152 Å². The summed E-state index contributed by atoms with van der Waals surface area (Å²) in [5.74, 6) is 0. The second-order valence-corrected chi connectivity index (χ2v) is 13.4. The number of benzene rings is 4. The van der Waals surface area contributed by atoms with Gasteiger partial charge in [-0.1, -0.05) is 97.1 Å². The van der Waals surface area contributed by atoms with Gasteiger partial charge in [0.15, 0.2) is 0 Å². The van der Waals surface area contributed by atoms with Crippen LogP contribution in [-0.2, 0) is 38.5 Å². The second kappa shape index (κ2) is 24.3. The first-order chi connectivity index (χ1) is 22.1. The molecule has 6 nitrogen and oxygen atoms in total. The predicted molar refractivity (Wildman–Crippen MR) is 188 cm³/mol. The Morgan fingerprint density at radius 3 is 1.35 bits per heavy atom. The van der Waals surface area contributed by atoms with Gasteiger partial charge in [0.2, 0.25) is 0 Å². The Morgan fingerprint density at radius 1 is 0.729 bits per heavy atom. The SMILES string of the molecule is C1=CCCC1.O=S(=O)(O)C(F)(F)F.[CH-]=O.[CH3-].[Fe+2].c1ccc(Cn2ccnc2)cc1.c1ccc([PH+](c2ccccc2)c2ccccc2)cc1. The Labute approximate surface area is 293 Å². The third kappa shape index (κ3) is 16.8. The second-order valence-electron chi connectivity index (χ2n) is 9.52. The summed E-state index contributed by atoms with van der Waals surface area (Å²) in [6.45, 7) is 4.15. The number of aromatic nitrogens is 2. The van der Waals surface area contributed by atoms with Gasteiger partial charge in [0.05, 0.1) is 14.2 Å². The predicted octanol–water partition coefficient (Wildman–Crippen LogP) is 7.40. The van der Waals surface area contributed by atoms with E-state index in [0.29, 0.717) is 0 Å². The molecule has 48 heavy (non-hydrogen) atoms. The number of alkyl halides is 3. The zero-order valence-corrected chi connectivity index (χ0v) is 29.2. The van der Waals surface area contributed by atoms with Gasteiger partial charge in [-0.25, -0.2) is 4.98 Å². The number of nitrogens with zero attached hydrogens (tertiary/aromatic N) is 2. The van der Waals surface area contributed by atoms with Crippen LogP contribution in [-0.4, -0.2) is 34.8 Å². The van der Waals surface area contributed by atoms with Crippen molar-refractivity contribution in [3.05, 3.63) is 165 Å². The summed E-state index contributed by atoms with van der Waals surface area (Å²) < 4.78 is 59.6. The van der Waals surface area contributed by atoms with Crippen LogP contribution in [0.1, 0.15) is 24.8 Å². The molecule has 0 radical (unpaired) electrons. The largest absolute Gasteiger partial charge is 2.00 e. The minimum absolute atomic E-state index is 0. The van der Waals surface area contributed by atoms with E-state index in [9.17, 15) is 13.2 Å². The fraction of sp³-hybridized carbons (Fsp3) is 0.139. The van der Waals surface area contributed by atoms with E-state index in [1.807, 2.05) is 30.7 Å². The van der Waals surface area contributed by atoms with Crippen molar-refractivity contribution in [3.8, 4) is 0 Å². The van der Waals surface area contributed by atoms with Gasteiger partial charge in [-0.3, -0.25) is 11.3 Å². The maximum Gasteiger partial charge on any atom is 2.00 e. The van der Waals surface area contributed by atoms with Crippen LogP contribution in [0.25, 0.3) is 0 Å². The normalized spacial score (nSPS) is 11.3. The fourth-order valence-electron chi connectivity index (χ4n) is 4.08. The van der Waals surface area contributed by atoms with Crippen molar-refractivity contribution < 1.29 is 48.0 Å². The standard InChI is InChI=1S/C18H15P.C10H10N2.C5H8.CHF3O3S.CHO.CH3.Fe/c1-4-10-16(11-5-1)19(17-12-6-2-7-13-17)18-14-8-3-9-15-18;1-2-4-10(5-3-1)8-12-7-6-11-9-12;1-2-4-5-3-1;2-1(3,4)8(5,6)7;1-2;;/h1-15H;1-7,9H,8H2;1-2H,3-5H2;(H,5,6,7);1H;1H3;/q;;;;2*-1;+2/p+1. The first-order valence-corrected chi connectivity index (χ1v) is 17.0. The first kappa shape index (κ1) is 44.1. The molecule has 0 spiro atoms. The van der Waals surface area contributed by atoms with Crippen LogP contribution in [0.5, 0.6) is 0 Å². The minimum Gasteiger partial charge on any atom is -0.545 e. The van der Waals surface area contributed by atoms with Crippen molar-refractivity contribution in [2.75, 3.05) is 0 Å². The Morgan fingerprint density at radius 2 is 1.08 bits per heavy atom. The van der Waals surface area contributed by atoms with Gasteiger partial charge in [0.25, 0.3) is 0 Å². The molecule has 0 aliphatic heterocycles. The quantitative estimate of drug-likeness (QED) is 0.0386. The Bertz CT molecular complexity index is 1530. The van der Waals surface area contributed by atoms with E-state index >= 15 is 0 Å². The molecular weight excluding hydrogens is 700 g/mol. The van der Waals surface area contributed by atoms with Crippen molar-refractivity contribution >= 4 is 40.7 Å². The molecule has 256 valence electrons. The smallest absolute Gasteiger partial charge is 0.545 e. The van der Waals surface area contributed by atoms with E-state index in [-0.39, 0.29) is 24.5 Å². The molecule has 0 unspecified atom stereocenters. The maximum atomic E-state index is 10.7. The van der Waals surface area contributed by atoms with E-state index in [4.69, 9.17) is 17.8 Å². The summed E-state index contributed by atoms with van der Waals surface area (Å²) in [7, 11) is -6.72. The molecule has 5 aromatic rings. The summed E-state index contributed by atoms with van der Waals surface area (Å²) in [6.07, 6.45) is 14.1. The number of imidazole rings is 1. The van der Waals surface area contributed by atoms with Gasteiger partial charge in [0, 0.05) is 18.9 Å². The number of carbonyl (C=O) groups excluding carboxylic acids is 1. The number of allylic oxidation sites excluding steroid dienone is 2. The molecule has 0 amide bonds. The van der Waals surface area contributed by atoms with Crippen molar-refractivity contribution in [1.29, 1.82) is 0 Å². The monoisotopic (exact) mass is 739 g/mol. The average Bonchev–Trinajstić information content (AvgIpc) is 3.82. The molecule has 1 aliphatic rings. The summed E-state index contributed by atoms with van der Waals surface area (Å²) in [6, 6.07) is 42.8. The topological polar surface area (TPSA) is 89.3 Å². The van der Waals surface area contributed by atoms with E-state index in [1.165, 1.54) is 40.7 Å². The third-order valence-electron chi connectivity index (χ3n) is 6.16. The van der Waals surface area contributed by atoms with Crippen LogP contribution < -0.4 is 15.9 Å². The molecule has 1 aliphatic carbocycles. The fourth-order valence-corrected chi connectivity index (χ4v) is 6.66. The van der Waals surface area contributed by atoms with E-state index < -0.39 is 23.5 Å². The average molecular weight is 740 g/mol. The van der Waals surface area contributed by atoms with Crippen molar-refractivity contribution in [2.24, 2.45) is 0 Å². The summed E-state index contributed by atoms with van der Waals surface area (Å²) in [5.41, 5.74) is -4.23. The van der Waals surface area contributed by atoms with Crippen molar-refractivity contribution in [2.45, 2.75) is 31.3 Å². The molecule has 1 aromatic heterocycles. The molecule has 1 N–H and O–H groups in total. The zero-order chi connectivity index (χ0) is 33.7. The van der Waals surface area contributed by atoms with Crippen LogP contribution in [0.3, 0.4) is 0 Å². The number of halogens is 3. The van der Waals surface area contributed by atoms with Crippen molar-refractivity contribution in [1.82, 2.24) is 9.55 Å². The molecule has 6 rings (SSSR count). The number of hydrogen-bond acceptors (Lipinski definition) is 4. The summed E-state index contributed by atoms with van der Waals surface area (Å²) in [4.78, 5) is 11.7. The summed E-state index contributed by atoms with van der Waals surface area (Å²) >= 11 is 0.